The van der Waals surface area contributed by atoms with Crippen molar-refractivity contribution < 1.29 is 23.8 Å². The monoisotopic (exact) mass is 537 g/mol. The molecule has 0 N–H and O–H groups in total. The second kappa shape index (κ2) is 12.8. The van der Waals surface area contributed by atoms with Gasteiger partial charge in [-0.05, 0) is 59.0 Å². The van der Waals surface area contributed by atoms with Crippen molar-refractivity contribution in [2.45, 2.75) is 19.1 Å². The summed E-state index contributed by atoms with van der Waals surface area (Å²) in [5, 5.41) is 0. The SMILES string of the molecule is C=C(c1cccc(OC)c1)[C@H](Cc1cc(OC)ccc1Br)N(CC=O)C(=O)OCc1ccccc1. The van der Waals surface area contributed by atoms with Gasteiger partial charge < -0.3 is 19.0 Å². The highest BCUT2D eigenvalue weighted by Gasteiger charge is 2.29. The summed E-state index contributed by atoms with van der Waals surface area (Å²) in [6.07, 6.45) is 0.465. The van der Waals surface area contributed by atoms with Gasteiger partial charge >= 0.3 is 6.09 Å². The van der Waals surface area contributed by atoms with Gasteiger partial charge in [0.05, 0.1) is 26.8 Å². The maximum absolute atomic E-state index is 13.2. The van der Waals surface area contributed by atoms with Crippen LogP contribution < -0.4 is 9.47 Å². The Hall–Kier alpha value is -3.58. The highest BCUT2D eigenvalue weighted by atomic mass is 79.9. The third kappa shape index (κ3) is 6.96. The summed E-state index contributed by atoms with van der Waals surface area (Å²) in [5.74, 6) is 1.35. The number of hydrogen-bond acceptors (Lipinski definition) is 5. The zero-order valence-electron chi connectivity index (χ0n) is 19.8. The Morgan fingerprint density at radius 1 is 1.00 bits per heavy atom. The molecule has 3 aromatic carbocycles. The first-order valence-corrected chi connectivity index (χ1v) is 11.8. The standard InChI is InChI=1S/C28H28BrNO5/c1-20(22-10-7-11-24(16-22)33-2)27(18-23-17-25(34-3)12-13-26(23)29)30(14-15-31)28(32)35-19-21-8-5-4-6-9-21/h4-13,15-17,27H,1,14,18-19H2,2-3H3/t27-/m0/s1. The van der Waals surface area contributed by atoms with Crippen LogP contribution in [0.2, 0.25) is 0 Å². The van der Waals surface area contributed by atoms with E-state index in [-0.39, 0.29) is 13.2 Å². The molecule has 0 fully saturated rings. The minimum absolute atomic E-state index is 0.0935. The molecule has 0 unspecified atom stereocenters. The van der Waals surface area contributed by atoms with E-state index in [1.807, 2.05) is 72.8 Å². The molecule has 3 rings (SSSR count). The van der Waals surface area contributed by atoms with Crippen LogP contribution in [0.1, 0.15) is 16.7 Å². The van der Waals surface area contributed by atoms with E-state index >= 15 is 0 Å². The minimum atomic E-state index is -0.603. The Labute approximate surface area is 214 Å². The van der Waals surface area contributed by atoms with E-state index in [0.717, 1.165) is 21.2 Å². The molecule has 0 aliphatic heterocycles. The van der Waals surface area contributed by atoms with Crippen molar-refractivity contribution in [1.82, 2.24) is 4.90 Å². The Kier molecular flexibility index (Phi) is 9.49. The fourth-order valence-electron chi connectivity index (χ4n) is 3.69. The summed E-state index contributed by atoms with van der Waals surface area (Å²) >= 11 is 3.59. The smallest absolute Gasteiger partial charge is 0.411 e. The number of hydrogen-bond donors (Lipinski definition) is 0. The Morgan fingerprint density at radius 2 is 1.71 bits per heavy atom. The minimum Gasteiger partial charge on any atom is -0.497 e. The molecule has 3 aromatic rings. The molecule has 0 bridgehead atoms. The quantitative estimate of drug-likeness (QED) is 0.283. The van der Waals surface area contributed by atoms with Crippen LogP contribution in [0.25, 0.3) is 5.57 Å². The van der Waals surface area contributed by atoms with Gasteiger partial charge in [0.2, 0.25) is 0 Å². The van der Waals surface area contributed by atoms with Gasteiger partial charge in [0.15, 0.2) is 0 Å². The molecule has 0 aliphatic rings. The molecular formula is C28H28BrNO5. The van der Waals surface area contributed by atoms with Gasteiger partial charge in [-0.15, -0.1) is 0 Å². The largest absolute Gasteiger partial charge is 0.497 e. The van der Waals surface area contributed by atoms with Gasteiger partial charge in [0.25, 0.3) is 0 Å². The number of rotatable bonds is 11. The molecule has 0 saturated heterocycles. The highest BCUT2D eigenvalue weighted by Crippen LogP contribution is 2.31. The van der Waals surface area contributed by atoms with Gasteiger partial charge in [0, 0.05) is 4.47 Å². The summed E-state index contributed by atoms with van der Waals surface area (Å²) < 4.78 is 17.2. The topological polar surface area (TPSA) is 65.1 Å². The van der Waals surface area contributed by atoms with Gasteiger partial charge in [-0.2, -0.15) is 0 Å². The molecule has 182 valence electrons. The Balaban J connectivity index is 1.96. The predicted octanol–water partition coefficient (Wildman–Crippen LogP) is 5.93. The average molecular weight is 538 g/mol. The van der Waals surface area contributed by atoms with E-state index in [1.54, 1.807) is 14.2 Å². The van der Waals surface area contributed by atoms with E-state index in [9.17, 15) is 9.59 Å². The normalized spacial score (nSPS) is 11.3. The zero-order chi connectivity index (χ0) is 25.2. The molecule has 0 heterocycles. The number of methoxy groups -OCH3 is 2. The van der Waals surface area contributed by atoms with Crippen LogP contribution in [0.15, 0.2) is 83.8 Å². The maximum Gasteiger partial charge on any atom is 0.411 e. The first-order valence-electron chi connectivity index (χ1n) is 11.0. The highest BCUT2D eigenvalue weighted by molar-refractivity contribution is 9.10. The lowest BCUT2D eigenvalue weighted by atomic mass is 9.93. The first-order chi connectivity index (χ1) is 17.0. The van der Waals surface area contributed by atoms with Crippen molar-refractivity contribution >= 4 is 33.9 Å². The summed E-state index contributed by atoms with van der Waals surface area (Å²) in [6, 6.07) is 21.9. The van der Waals surface area contributed by atoms with Crippen molar-refractivity contribution in [3.63, 3.8) is 0 Å². The van der Waals surface area contributed by atoms with Gasteiger partial charge in [0.1, 0.15) is 24.4 Å². The molecule has 1 amide bonds. The third-order valence-electron chi connectivity index (χ3n) is 5.60. The molecule has 0 saturated carbocycles. The van der Waals surface area contributed by atoms with E-state index in [0.29, 0.717) is 29.8 Å². The van der Waals surface area contributed by atoms with Crippen molar-refractivity contribution in [3.05, 3.63) is 101 Å². The zero-order valence-corrected chi connectivity index (χ0v) is 21.4. The summed E-state index contributed by atoms with van der Waals surface area (Å²) in [6.45, 7) is 4.25. The number of aldehydes is 1. The molecule has 7 heteroatoms. The average Bonchev–Trinajstić information content (AvgIpc) is 2.90. The first kappa shape index (κ1) is 26.0. The van der Waals surface area contributed by atoms with Crippen molar-refractivity contribution in [2.24, 2.45) is 0 Å². The number of halogens is 1. The van der Waals surface area contributed by atoms with Gasteiger partial charge in [-0.3, -0.25) is 4.90 Å². The van der Waals surface area contributed by atoms with Crippen LogP contribution >= 0.6 is 15.9 Å². The molecule has 6 nitrogen and oxygen atoms in total. The van der Waals surface area contributed by atoms with E-state index in [2.05, 4.69) is 22.5 Å². The number of amides is 1. The fraction of sp³-hybridized carbons (Fsp3) is 0.214. The number of carbonyl (C=O) groups is 2. The molecule has 0 radical (unpaired) electrons. The van der Waals surface area contributed by atoms with Crippen LogP contribution in [0, 0.1) is 0 Å². The second-order valence-electron chi connectivity index (χ2n) is 7.79. The van der Waals surface area contributed by atoms with E-state index in [4.69, 9.17) is 14.2 Å². The van der Waals surface area contributed by atoms with Crippen molar-refractivity contribution in [1.29, 1.82) is 0 Å². The lowest BCUT2D eigenvalue weighted by molar-refractivity contribution is -0.108. The molecule has 0 aromatic heterocycles. The van der Waals surface area contributed by atoms with Crippen LogP contribution in [-0.2, 0) is 22.6 Å². The summed E-state index contributed by atoms with van der Waals surface area (Å²) in [7, 11) is 3.19. The summed E-state index contributed by atoms with van der Waals surface area (Å²) in [5.41, 5.74) is 3.19. The van der Waals surface area contributed by atoms with Gasteiger partial charge in [-0.25, -0.2) is 4.79 Å². The van der Waals surface area contributed by atoms with Crippen molar-refractivity contribution in [2.75, 3.05) is 20.8 Å². The number of benzene rings is 3. The Bertz CT molecular complexity index is 1170. The maximum atomic E-state index is 13.2. The summed E-state index contributed by atoms with van der Waals surface area (Å²) in [4.78, 5) is 26.3. The van der Waals surface area contributed by atoms with Crippen LogP contribution in [0.3, 0.4) is 0 Å². The lowest BCUT2D eigenvalue weighted by Gasteiger charge is -2.32. The van der Waals surface area contributed by atoms with Crippen LogP contribution in [0.5, 0.6) is 11.5 Å². The van der Waals surface area contributed by atoms with E-state index in [1.165, 1.54) is 4.90 Å². The van der Waals surface area contributed by atoms with Crippen LogP contribution in [0.4, 0.5) is 4.79 Å². The predicted molar refractivity (Wildman–Crippen MR) is 140 cm³/mol. The Morgan fingerprint density at radius 3 is 2.40 bits per heavy atom. The fourth-order valence-corrected chi connectivity index (χ4v) is 4.10. The van der Waals surface area contributed by atoms with E-state index < -0.39 is 12.1 Å². The lowest BCUT2D eigenvalue weighted by Crippen LogP contribution is -2.43. The molecule has 0 aliphatic carbocycles. The molecule has 1 atom stereocenters. The second-order valence-corrected chi connectivity index (χ2v) is 8.65. The van der Waals surface area contributed by atoms with Crippen LogP contribution in [-0.4, -0.2) is 44.1 Å². The molecular weight excluding hydrogens is 510 g/mol. The number of nitrogens with zero attached hydrogens (tertiary/aromatic N) is 1. The third-order valence-corrected chi connectivity index (χ3v) is 6.37. The number of carbonyl (C=O) groups excluding carboxylic acids is 2. The molecule has 35 heavy (non-hydrogen) atoms. The van der Waals surface area contributed by atoms with Crippen molar-refractivity contribution in [3.8, 4) is 11.5 Å². The molecule has 0 spiro atoms. The number of ether oxygens (including phenoxy) is 3. The van der Waals surface area contributed by atoms with Gasteiger partial charge in [-0.1, -0.05) is 65.0 Å².